The Morgan fingerprint density at radius 3 is 2.68 bits per heavy atom. The van der Waals surface area contributed by atoms with Gasteiger partial charge in [-0.2, -0.15) is 0 Å². The lowest BCUT2D eigenvalue weighted by Crippen LogP contribution is -2.28. The van der Waals surface area contributed by atoms with Crippen LogP contribution in [0.5, 0.6) is 0 Å². The molecule has 0 aliphatic carbocycles. The third-order valence-corrected chi connectivity index (χ3v) is 5.60. The first-order valence-electron chi connectivity index (χ1n) is 6.29. The Kier molecular flexibility index (Phi) is 3.24. The highest BCUT2D eigenvalue weighted by Crippen LogP contribution is 2.49. The largest absolute Gasteiger partial charge is 0.385 e. The first kappa shape index (κ1) is 13.2. The molecule has 0 spiro atoms. The predicted molar refractivity (Wildman–Crippen MR) is 82.7 cm³/mol. The van der Waals surface area contributed by atoms with Crippen molar-refractivity contribution in [3.8, 4) is 0 Å². The van der Waals surface area contributed by atoms with Gasteiger partial charge in [-0.3, -0.25) is 0 Å². The third-order valence-electron chi connectivity index (χ3n) is 3.94. The molecule has 0 radical (unpaired) electrons. The van der Waals surface area contributed by atoms with Crippen molar-refractivity contribution >= 4 is 27.7 Å². The molecular weight excluding hydrogens is 320 g/mol. The van der Waals surface area contributed by atoms with Crippen LogP contribution < -0.4 is 0 Å². The summed E-state index contributed by atoms with van der Waals surface area (Å²) in [6, 6.07) is 14.5. The van der Waals surface area contributed by atoms with E-state index in [2.05, 4.69) is 47.1 Å². The minimum absolute atomic E-state index is 0.0618. The Labute approximate surface area is 126 Å². The number of rotatable bonds is 0. The van der Waals surface area contributed by atoms with Gasteiger partial charge in [-0.25, -0.2) is 0 Å². The fourth-order valence-electron chi connectivity index (χ4n) is 2.57. The summed E-state index contributed by atoms with van der Waals surface area (Å²) in [5, 5.41) is 11.0. The fraction of sp³-hybridized carbons (Fsp3) is 0.250. The molecule has 2 aromatic carbocycles. The van der Waals surface area contributed by atoms with E-state index in [1.54, 1.807) is 11.8 Å². The van der Waals surface area contributed by atoms with Gasteiger partial charge in [0.2, 0.25) is 0 Å². The zero-order chi connectivity index (χ0) is 13.6. The van der Waals surface area contributed by atoms with E-state index < -0.39 is 5.60 Å². The van der Waals surface area contributed by atoms with Gasteiger partial charge in [0.05, 0.1) is 5.60 Å². The Balaban J connectivity index is 2.27. The molecule has 1 aliphatic rings. The molecule has 98 valence electrons. The minimum atomic E-state index is -0.862. The van der Waals surface area contributed by atoms with Gasteiger partial charge in [0.1, 0.15) is 0 Å². The second-order valence-electron chi connectivity index (χ2n) is 5.15. The van der Waals surface area contributed by atoms with Crippen molar-refractivity contribution in [3.05, 3.63) is 58.1 Å². The second kappa shape index (κ2) is 4.65. The van der Waals surface area contributed by atoms with Gasteiger partial charge in [0, 0.05) is 20.2 Å². The molecule has 0 saturated carbocycles. The highest BCUT2D eigenvalue weighted by atomic mass is 79.9. The van der Waals surface area contributed by atoms with Crippen molar-refractivity contribution in [1.82, 2.24) is 0 Å². The summed E-state index contributed by atoms with van der Waals surface area (Å²) in [5.41, 5.74) is 1.35. The van der Waals surface area contributed by atoms with E-state index in [1.807, 2.05) is 25.1 Å². The molecule has 2 aromatic rings. The average molecular weight is 335 g/mol. The van der Waals surface area contributed by atoms with Crippen LogP contribution in [0.1, 0.15) is 30.9 Å². The summed E-state index contributed by atoms with van der Waals surface area (Å²) in [4.78, 5) is 2.36. The predicted octanol–water partition coefficient (Wildman–Crippen LogP) is 4.92. The van der Waals surface area contributed by atoms with Crippen LogP contribution in [-0.2, 0) is 5.60 Å². The van der Waals surface area contributed by atoms with Gasteiger partial charge in [-0.05, 0) is 42.3 Å². The van der Waals surface area contributed by atoms with Crippen molar-refractivity contribution in [2.45, 2.75) is 35.2 Å². The van der Waals surface area contributed by atoms with Gasteiger partial charge in [0.25, 0.3) is 0 Å². The lowest BCUT2D eigenvalue weighted by molar-refractivity contribution is 0.0296. The van der Waals surface area contributed by atoms with Crippen LogP contribution in [0.2, 0.25) is 0 Å². The summed E-state index contributed by atoms with van der Waals surface area (Å²) < 4.78 is 1.00. The molecule has 19 heavy (non-hydrogen) atoms. The average Bonchev–Trinajstić information content (AvgIpc) is 2.47. The van der Waals surface area contributed by atoms with Crippen molar-refractivity contribution in [3.63, 3.8) is 0 Å². The molecule has 1 N–H and O–H groups in total. The monoisotopic (exact) mass is 334 g/mol. The number of fused-ring (bicyclic) bond motifs is 2. The smallest absolute Gasteiger partial charge is 0.0945 e. The van der Waals surface area contributed by atoms with Crippen LogP contribution in [-0.4, -0.2) is 5.11 Å². The van der Waals surface area contributed by atoms with Crippen LogP contribution in [0.15, 0.2) is 56.7 Å². The van der Waals surface area contributed by atoms with Gasteiger partial charge in [0.15, 0.2) is 0 Å². The highest BCUT2D eigenvalue weighted by Gasteiger charge is 2.37. The van der Waals surface area contributed by atoms with Crippen molar-refractivity contribution in [2.75, 3.05) is 0 Å². The maximum absolute atomic E-state index is 11.0. The van der Waals surface area contributed by atoms with Crippen LogP contribution in [0.3, 0.4) is 0 Å². The topological polar surface area (TPSA) is 20.2 Å². The molecule has 1 nitrogen and oxygen atoms in total. The molecule has 0 fully saturated rings. The van der Waals surface area contributed by atoms with Crippen LogP contribution in [0.25, 0.3) is 0 Å². The third kappa shape index (κ3) is 2.14. The zero-order valence-electron chi connectivity index (χ0n) is 10.9. The van der Waals surface area contributed by atoms with Crippen molar-refractivity contribution in [1.29, 1.82) is 0 Å². The van der Waals surface area contributed by atoms with E-state index >= 15 is 0 Å². The summed E-state index contributed by atoms with van der Waals surface area (Å²) in [7, 11) is 0. The molecule has 0 saturated heterocycles. The lowest BCUT2D eigenvalue weighted by atomic mass is 9.80. The zero-order valence-corrected chi connectivity index (χ0v) is 13.3. The Morgan fingerprint density at radius 2 is 1.89 bits per heavy atom. The number of halogens is 1. The Morgan fingerprint density at radius 1 is 1.16 bits per heavy atom. The first-order valence-corrected chi connectivity index (χ1v) is 7.90. The standard InChI is InChI=1S/C16H15BrOS/c1-10-12-5-3-4-6-14(12)19-15-8-7-11(17)9-13(15)16(10,2)18/h3-10,18H,1-2H3. The molecular formula is C16H15BrOS. The number of hydrogen-bond donors (Lipinski definition) is 1. The molecule has 3 rings (SSSR count). The second-order valence-corrected chi connectivity index (χ2v) is 7.15. The quantitative estimate of drug-likeness (QED) is 0.737. The summed E-state index contributed by atoms with van der Waals surface area (Å²) >= 11 is 5.24. The molecule has 2 atom stereocenters. The molecule has 1 heterocycles. The lowest BCUT2D eigenvalue weighted by Gasteiger charge is -2.31. The number of benzene rings is 2. The first-order chi connectivity index (χ1) is 9.00. The normalized spacial score (nSPS) is 25.4. The fourth-order valence-corrected chi connectivity index (χ4v) is 4.19. The SMILES string of the molecule is CC1c2ccccc2Sc2ccc(Br)cc2C1(C)O. The van der Waals surface area contributed by atoms with Crippen LogP contribution >= 0.6 is 27.7 Å². The van der Waals surface area contributed by atoms with E-state index in [1.165, 1.54) is 10.5 Å². The van der Waals surface area contributed by atoms with Crippen LogP contribution in [0, 0.1) is 0 Å². The Bertz CT molecular complexity index is 636. The molecule has 2 unspecified atom stereocenters. The van der Waals surface area contributed by atoms with Gasteiger partial charge in [-0.15, -0.1) is 0 Å². The van der Waals surface area contributed by atoms with Crippen molar-refractivity contribution < 1.29 is 5.11 Å². The molecule has 3 heteroatoms. The number of aliphatic hydroxyl groups is 1. The van der Waals surface area contributed by atoms with Crippen LogP contribution in [0.4, 0.5) is 0 Å². The van der Waals surface area contributed by atoms with Gasteiger partial charge >= 0.3 is 0 Å². The van der Waals surface area contributed by atoms with E-state index in [0.29, 0.717) is 0 Å². The maximum Gasteiger partial charge on any atom is 0.0945 e. The minimum Gasteiger partial charge on any atom is -0.385 e. The van der Waals surface area contributed by atoms with Crippen molar-refractivity contribution in [2.24, 2.45) is 0 Å². The van der Waals surface area contributed by atoms with E-state index in [9.17, 15) is 5.11 Å². The van der Waals surface area contributed by atoms with Gasteiger partial charge < -0.3 is 5.11 Å². The molecule has 0 aromatic heterocycles. The maximum atomic E-state index is 11.0. The highest BCUT2D eigenvalue weighted by molar-refractivity contribution is 9.10. The number of hydrogen-bond acceptors (Lipinski definition) is 2. The summed E-state index contributed by atoms with van der Waals surface area (Å²) in [6.45, 7) is 4.00. The van der Waals surface area contributed by atoms with E-state index in [0.717, 1.165) is 14.9 Å². The molecule has 0 bridgehead atoms. The summed E-state index contributed by atoms with van der Waals surface area (Å²) in [6.07, 6.45) is 0. The molecule has 1 aliphatic heterocycles. The summed E-state index contributed by atoms with van der Waals surface area (Å²) in [5.74, 6) is 0.0618. The Hall–Kier alpha value is -0.770. The van der Waals surface area contributed by atoms with E-state index in [-0.39, 0.29) is 5.92 Å². The molecule has 0 amide bonds. The van der Waals surface area contributed by atoms with Gasteiger partial charge in [-0.1, -0.05) is 52.8 Å². The van der Waals surface area contributed by atoms with E-state index in [4.69, 9.17) is 0 Å².